The molecular weight excluding hydrogens is 418 g/mol. The van der Waals surface area contributed by atoms with Crippen LogP contribution in [0, 0.1) is 0 Å². The highest BCUT2D eigenvalue weighted by molar-refractivity contribution is 7.98. The van der Waals surface area contributed by atoms with Crippen molar-refractivity contribution in [3.05, 3.63) is 70.4 Å². The number of amides is 1. The van der Waals surface area contributed by atoms with Gasteiger partial charge in [-0.25, -0.2) is 0 Å². The van der Waals surface area contributed by atoms with Crippen molar-refractivity contribution in [2.75, 3.05) is 19.4 Å². The molecule has 7 heteroatoms. The molecule has 2 aromatic carbocycles. The second-order valence-corrected chi connectivity index (χ2v) is 8.95. The van der Waals surface area contributed by atoms with Gasteiger partial charge in [0.05, 0.1) is 17.8 Å². The van der Waals surface area contributed by atoms with Crippen LogP contribution in [0.4, 0.5) is 0 Å². The van der Waals surface area contributed by atoms with Crippen molar-refractivity contribution in [1.29, 1.82) is 0 Å². The van der Waals surface area contributed by atoms with Gasteiger partial charge in [-0.15, -0.1) is 11.8 Å². The normalized spacial score (nSPS) is 20.7. The number of aromatic amines is 1. The Balaban J connectivity index is 1.60. The van der Waals surface area contributed by atoms with Crippen LogP contribution in [0.15, 0.2) is 53.4 Å². The van der Waals surface area contributed by atoms with Crippen LogP contribution in [-0.4, -0.2) is 46.5 Å². The second kappa shape index (κ2) is 8.10. The van der Waals surface area contributed by atoms with Gasteiger partial charge in [0, 0.05) is 34.2 Å². The van der Waals surface area contributed by atoms with E-state index in [1.165, 1.54) is 4.90 Å². The number of hydrogen-bond donors (Lipinski definition) is 1. The van der Waals surface area contributed by atoms with E-state index in [1.54, 1.807) is 11.8 Å². The molecule has 5 nitrogen and oxygen atoms in total. The van der Waals surface area contributed by atoms with Crippen molar-refractivity contribution in [3.63, 3.8) is 0 Å². The van der Waals surface area contributed by atoms with E-state index in [0.29, 0.717) is 17.3 Å². The van der Waals surface area contributed by atoms with Crippen molar-refractivity contribution in [2.45, 2.75) is 29.9 Å². The van der Waals surface area contributed by atoms with E-state index in [9.17, 15) is 4.79 Å². The number of nitrogens with zero attached hydrogens (tertiary/aromatic N) is 2. The van der Waals surface area contributed by atoms with Gasteiger partial charge >= 0.3 is 0 Å². The fraction of sp³-hybridized carbons (Fsp3) is 0.304. The largest absolute Gasteiger partial charge is 0.376 e. The maximum Gasteiger partial charge on any atom is 0.273 e. The molecule has 1 fully saturated rings. The summed E-state index contributed by atoms with van der Waals surface area (Å²) in [5.41, 5.74) is 4.31. The van der Waals surface area contributed by atoms with Crippen molar-refractivity contribution in [1.82, 2.24) is 15.1 Å². The summed E-state index contributed by atoms with van der Waals surface area (Å²) < 4.78 is 5.85. The molecule has 1 saturated heterocycles. The summed E-state index contributed by atoms with van der Waals surface area (Å²) in [6.45, 7) is 1.35. The lowest BCUT2D eigenvalue weighted by molar-refractivity contribution is 0.0495. The third kappa shape index (κ3) is 3.43. The number of aromatic nitrogens is 2. The Morgan fingerprint density at radius 1 is 1.20 bits per heavy atom. The van der Waals surface area contributed by atoms with Crippen LogP contribution in [-0.2, 0) is 4.74 Å². The van der Waals surface area contributed by atoms with Crippen molar-refractivity contribution < 1.29 is 9.53 Å². The number of hydrogen-bond acceptors (Lipinski definition) is 4. The number of fused-ring (bicyclic) bond motifs is 1. The average Bonchev–Trinajstić information content (AvgIpc) is 3.49. The van der Waals surface area contributed by atoms with Gasteiger partial charge in [-0.05, 0) is 48.9 Å². The molecule has 30 heavy (non-hydrogen) atoms. The molecule has 0 radical (unpaired) electrons. The number of H-pyrrole nitrogens is 1. The van der Waals surface area contributed by atoms with Crippen LogP contribution in [0.5, 0.6) is 0 Å². The van der Waals surface area contributed by atoms with Crippen LogP contribution >= 0.6 is 23.4 Å². The van der Waals surface area contributed by atoms with Gasteiger partial charge in [-0.3, -0.25) is 9.89 Å². The molecule has 5 rings (SSSR count). The van der Waals surface area contributed by atoms with Gasteiger partial charge in [-0.2, -0.15) is 5.10 Å². The first-order valence-electron chi connectivity index (χ1n) is 10.1. The number of halogens is 1. The predicted octanol–water partition coefficient (Wildman–Crippen LogP) is 5.18. The molecule has 154 valence electrons. The first-order chi connectivity index (χ1) is 14.7. The zero-order valence-corrected chi connectivity index (χ0v) is 18.2. The molecule has 1 amide bonds. The topological polar surface area (TPSA) is 58.2 Å². The summed E-state index contributed by atoms with van der Waals surface area (Å²) in [4.78, 5) is 16.5. The lowest BCUT2D eigenvalue weighted by Gasteiger charge is -2.28. The number of rotatable bonds is 5. The zero-order chi connectivity index (χ0) is 20.7. The number of carbonyl (C=O) groups excluding carboxylic acids is 1. The minimum atomic E-state index is -0.197. The summed E-state index contributed by atoms with van der Waals surface area (Å²) in [5.74, 6) is -0.0212. The molecule has 0 saturated carbocycles. The standard InChI is InChI=1S/C23H22ClN3O2S/c1-30-18-10-6-15(7-11-18)22-19-20(14-4-8-16(24)9-5-14)25-26-21(19)23(28)27(22)13-17-3-2-12-29-17/h4-11,17,22H,2-3,12-13H2,1H3,(H,25,26). The SMILES string of the molecule is CSc1ccc(C2c3c(-c4ccc(Cl)cc4)n[nH]c3C(=O)N2CC2CCCO2)cc1. The zero-order valence-electron chi connectivity index (χ0n) is 16.6. The smallest absolute Gasteiger partial charge is 0.273 e. The van der Waals surface area contributed by atoms with Gasteiger partial charge in [0.1, 0.15) is 5.69 Å². The molecule has 0 spiro atoms. The highest BCUT2D eigenvalue weighted by Gasteiger charge is 2.43. The fourth-order valence-corrected chi connectivity index (χ4v) is 4.89. The Labute approximate surface area is 184 Å². The van der Waals surface area contributed by atoms with E-state index in [-0.39, 0.29) is 18.1 Å². The van der Waals surface area contributed by atoms with E-state index in [4.69, 9.17) is 16.3 Å². The lowest BCUT2D eigenvalue weighted by atomic mass is 9.96. The highest BCUT2D eigenvalue weighted by Crippen LogP contribution is 2.43. The molecule has 2 unspecified atom stereocenters. The fourth-order valence-electron chi connectivity index (χ4n) is 4.35. The van der Waals surface area contributed by atoms with Crippen molar-refractivity contribution >= 4 is 29.3 Å². The van der Waals surface area contributed by atoms with Gasteiger partial charge in [-0.1, -0.05) is 35.9 Å². The molecule has 2 aliphatic heterocycles. The van der Waals surface area contributed by atoms with Crippen LogP contribution in [0.1, 0.15) is 40.5 Å². The van der Waals surface area contributed by atoms with E-state index >= 15 is 0 Å². The van der Waals surface area contributed by atoms with Crippen LogP contribution in [0.2, 0.25) is 5.02 Å². The molecular formula is C23H22ClN3O2S. The van der Waals surface area contributed by atoms with Crippen LogP contribution in [0.3, 0.4) is 0 Å². The number of benzene rings is 2. The second-order valence-electron chi connectivity index (χ2n) is 7.64. The maximum atomic E-state index is 13.4. The third-order valence-corrected chi connectivity index (χ3v) is 6.83. The summed E-state index contributed by atoms with van der Waals surface area (Å²) in [6, 6.07) is 15.8. The Morgan fingerprint density at radius 3 is 2.63 bits per heavy atom. The minimum Gasteiger partial charge on any atom is -0.376 e. The molecule has 3 aromatic rings. The molecule has 1 N–H and O–H groups in total. The highest BCUT2D eigenvalue weighted by atomic mass is 35.5. The van der Waals surface area contributed by atoms with E-state index in [2.05, 4.69) is 40.7 Å². The first kappa shape index (κ1) is 19.7. The van der Waals surface area contributed by atoms with E-state index < -0.39 is 0 Å². The molecule has 0 aliphatic carbocycles. The quantitative estimate of drug-likeness (QED) is 0.557. The summed E-state index contributed by atoms with van der Waals surface area (Å²) >= 11 is 7.78. The Morgan fingerprint density at radius 2 is 1.97 bits per heavy atom. The third-order valence-electron chi connectivity index (χ3n) is 5.84. The van der Waals surface area contributed by atoms with Crippen LogP contribution < -0.4 is 0 Å². The van der Waals surface area contributed by atoms with E-state index in [1.807, 2.05) is 29.2 Å². The monoisotopic (exact) mass is 439 g/mol. The number of ether oxygens (including phenoxy) is 1. The molecule has 1 aromatic heterocycles. The predicted molar refractivity (Wildman–Crippen MR) is 119 cm³/mol. The summed E-state index contributed by atoms with van der Waals surface area (Å²) in [6.07, 6.45) is 4.17. The van der Waals surface area contributed by atoms with Gasteiger partial charge < -0.3 is 9.64 Å². The van der Waals surface area contributed by atoms with E-state index in [0.717, 1.165) is 41.8 Å². The van der Waals surface area contributed by atoms with Crippen LogP contribution in [0.25, 0.3) is 11.3 Å². The van der Waals surface area contributed by atoms with Crippen molar-refractivity contribution in [3.8, 4) is 11.3 Å². The minimum absolute atomic E-state index is 0.0212. The molecule has 2 atom stereocenters. The Hall–Kier alpha value is -2.28. The Kier molecular flexibility index (Phi) is 5.31. The average molecular weight is 440 g/mol. The molecule has 0 bridgehead atoms. The van der Waals surface area contributed by atoms with Gasteiger partial charge in [0.15, 0.2) is 0 Å². The van der Waals surface area contributed by atoms with Gasteiger partial charge in [0.25, 0.3) is 5.91 Å². The summed E-state index contributed by atoms with van der Waals surface area (Å²) in [7, 11) is 0. The first-order valence-corrected chi connectivity index (χ1v) is 11.7. The molecule has 2 aliphatic rings. The van der Waals surface area contributed by atoms with Crippen molar-refractivity contribution in [2.24, 2.45) is 0 Å². The lowest BCUT2D eigenvalue weighted by Crippen LogP contribution is -2.36. The number of carbonyl (C=O) groups is 1. The summed E-state index contributed by atoms with van der Waals surface area (Å²) in [5, 5.41) is 8.19. The molecule has 3 heterocycles. The Bertz CT molecular complexity index is 1060. The number of thioether (sulfide) groups is 1. The van der Waals surface area contributed by atoms with Gasteiger partial charge in [0.2, 0.25) is 0 Å². The number of nitrogens with one attached hydrogen (secondary N) is 1. The maximum absolute atomic E-state index is 13.4.